The number of halogens is 1. The fourth-order valence-corrected chi connectivity index (χ4v) is 1.60. The van der Waals surface area contributed by atoms with Gasteiger partial charge in [0.25, 0.3) is 5.91 Å². The van der Waals surface area contributed by atoms with Crippen LogP contribution in [-0.4, -0.2) is 12.5 Å². The van der Waals surface area contributed by atoms with Crippen LogP contribution in [0.4, 0.5) is 11.4 Å². The molecule has 0 fully saturated rings. The molecule has 0 bridgehead atoms. The van der Waals surface area contributed by atoms with Gasteiger partial charge in [-0.05, 0) is 28.1 Å². The Bertz CT molecular complexity index is 379. The number of benzene rings is 1. The molecule has 4 nitrogen and oxygen atoms in total. The normalized spacial score (nSPS) is 14.4. The van der Waals surface area contributed by atoms with E-state index in [2.05, 4.69) is 21.2 Å². The van der Waals surface area contributed by atoms with Gasteiger partial charge in [0, 0.05) is 5.69 Å². The Morgan fingerprint density at radius 2 is 2.31 bits per heavy atom. The highest BCUT2D eigenvalue weighted by atomic mass is 79.9. The molecule has 1 aliphatic rings. The standard InChI is InChI=1S/C8H7BrN2O2/c9-7-4(10)1-2-5-8(7)13-3-6(12)11-5/h1-2H,3,10H2,(H,11,12). The Balaban J connectivity index is 2.53. The molecule has 0 unspecified atom stereocenters. The van der Waals surface area contributed by atoms with Gasteiger partial charge >= 0.3 is 0 Å². The zero-order valence-electron chi connectivity index (χ0n) is 6.63. The van der Waals surface area contributed by atoms with Crippen molar-refractivity contribution in [2.24, 2.45) is 0 Å². The predicted octanol–water partition coefficient (Wildman–Crippen LogP) is 1.36. The van der Waals surface area contributed by atoms with Crippen LogP contribution in [0.3, 0.4) is 0 Å². The van der Waals surface area contributed by atoms with Gasteiger partial charge < -0.3 is 15.8 Å². The highest BCUT2D eigenvalue weighted by molar-refractivity contribution is 9.10. The summed E-state index contributed by atoms with van der Waals surface area (Å²) in [5.41, 5.74) is 6.88. The second kappa shape index (κ2) is 2.92. The molecule has 0 aliphatic carbocycles. The van der Waals surface area contributed by atoms with Crippen LogP contribution in [0.5, 0.6) is 5.75 Å². The van der Waals surface area contributed by atoms with E-state index in [9.17, 15) is 4.79 Å². The zero-order valence-corrected chi connectivity index (χ0v) is 8.22. The molecule has 5 heteroatoms. The van der Waals surface area contributed by atoms with Crippen LogP contribution in [0.15, 0.2) is 16.6 Å². The maximum Gasteiger partial charge on any atom is 0.262 e. The Hall–Kier alpha value is -1.23. The number of carbonyl (C=O) groups is 1. The first kappa shape index (κ1) is 8.37. The van der Waals surface area contributed by atoms with E-state index in [1.165, 1.54) is 0 Å². The van der Waals surface area contributed by atoms with Gasteiger partial charge in [-0.3, -0.25) is 4.79 Å². The van der Waals surface area contributed by atoms with E-state index in [-0.39, 0.29) is 12.5 Å². The van der Waals surface area contributed by atoms with Crippen molar-refractivity contribution >= 4 is 33.2 Å². The molecule has 0 atom stereocenters. The lowest BCUT2D eigenvalue weighted by Crippen LogP contribution is -2.25. The number of hydrogen-bond acceptors (Lipinski definition) is 3. The molecule has 1 aromatic carbocycles. The molecule has 1 amide bonds. The topological polar surface area (TPSA) is 64.3 Å². The summed E-state index contributed by atoms with van der Waals surface area (Å²) in [5, 5.41) is 2.68. The van der Waals surface area contributed by atoms with Crippen LogP contribution in [0.25, 0.3) is 0 Å². The minimum absolute atomic E-state index is 0.0368. The van der Waals surface area contributed by atoms with E-state index in [0.29, 0.717) is 21.6 Å². The van der Waals surface area contributed by atoms with E-state index in [4.69, 9.17) is 10.5 Å². The Morgan fingerprint density at radius 3 is 3.08 bits per heavy atom. The smallest absolute Gasteiger partial charge is 0.262 e. The molecular weight excluding hydrogens is 236 g/mol. The summed E-state index contributed by atoms with van der Waals surface area (Å²) < 4.78 is 5.89. The summed E-state index contributed by atoms with van der Waals surface area (Å²) in [6, 6.07) is 3.42. The molecule has 68 valence electrons. The third-order valence-electron chi connectivity index (χ3n) is 1.75. The number of rotatable bonds is 0. The van der Waals surface area contributed by atoms with Gasteiger partial charge in [0.15, 0.2) is 12.4 Å². The van der Waals surface area contributed by atoms with Crippen molar-refractivity contribution in [1.29, 1.82) is 0 Å². The van der Waals surface area contributed by atoms with Crippen molar-refractivity contribution in [2.75, 3.05) is 17.7 Å². The first-order valence-electron chi connectivity index (χ1n) is 3.69. The molecular formula is C8H7BrN2O2. The predicted molar refractivity (Wildman–Crippen MR) is 52.7 cm³/mol. The van der Waals surface area contributed by atoms with Crippen molar-refractivity contribution < 1.29 is 9.53 Å². The Labute approximate surface area is 83.2 Å². The van der Waals surface area contributed by atoms with E-state index in [0.717, 1.165) is 0 Å². The van der Waals surface area contributed by atoms with Crippen LogP contribution in [-0.2, 0) is 4.79 Å². The van der Waals surface area contributed by atoms with E-state index in [1.807, 2.05) is 0 Å². The molecule has 0 saturated heterocycles. The number of nitrogens with two attached hydrogens (primary N) is 1. The highest BCUT2D eigenvalue weighted by Gasteiger charge is 2.19. The fourth-order valence-electron chi connectivity index (χ4n) is 1.13. The van der Waals surface area contributed by atoms with E-state index in [1.54, 1.807) is 12.1 Å². The second-order valence-corrected chi connectivity index (χ2v) is 3.48. The molecule has 1 heterocycles. The number of nitrogen functional groups attached to an aromatic ring is 1. The molecule has 0 saturated carbocycles. The largest absolute Gasteiger partial charge is 0.480 e. The molecule has 13 heavy (non-hydrogen) atoms. The Morgan fingerprint density at radius 1 is 1.54 bits per heavy atom. The van der Waals surface area contributed by atoms with Gasteiger partial charge in [-0.2, -0.15) is 0 Å². The second-order valence-electron chi connectivity index (χ2n) is 2.68. The number of fused-ring (bicyclic) bond motifs is 1. The van der Waals surface area contributed by atoms with Crippen molar-refractivity contribution in [3.8, 4) is 5.75 Å². The average molecular weight is 243 g/mol. The van der Waals surface area contributed by atoms with Gasteiger partial charge in [0.05, 0.1) is 10.2 Å². The fraction of sp³-hybridized carbons (Fsp3) is 0.125. The van der Waals surface area contributed by atoms with E-state index >= 15 is 0 Å². The number of hydrogen-bond donors (Lipinski definition) is 2. The van der Waals surface area contributed by atoms with E-state index < -0.39 is 0 Å². The van der Waals surface area contributed by atoms with Crippen LogP contribution in [0.2, 0.25) is 0 Å². The summed E-state index contributed by atoms with van der Waals surface area (Å²) in [6.07, 6.45) is 0. The first-order valence-corrected chi connectivity index (χ1v) is 4.48. The summed E-state index contributed by atoms with van der Waals surface area (Å²) in [6.45, 7) is 0.0368. The maximum atomic E-state index is 10.9. The van der Waals surface area contributed by atoms with Crippen molar-refractivity contribution in [1.82, 2.24) is 0 Å². The van der Waals surface area contributed by atoms with Gasteiger partial charge in [-0.15, -0.1) is 0 Å². The third kappa shape index (κ3) is 1.35. The summed E-state index contributed by atoms with van der Waals surface area (Å²) in [5.74, 6) is 0.448. The van der Waals surface area contributed by atoms with Crippen molar-refractivity contribution in [3.63, 3.8) is 0 Å². The van der Waals surface area contributed by atoms with Crippen LogP contribution in [0.1, 0.15) is 0 Å². The summed E-state index contributed by atoms with van der Waals surface area (Å²) in [4.78, 5) is 10.9. The number of amides is 1. The lowest BCUT2D eigenvalue weighted by Gasteiger charge is -2.19. The molecule has 0 aromatic heterocycles. The minimum atomic E-state index is -0.149. The minimum Gasteiger partial charge on any atom is -0.480 e. The molecule has 1 aliphatic heterocycles. The number of anilines is 2. The third-order valence-corrected chi connectivity index (χ3v) is 2.57. The highest BCUT2D eigenvalue weighted by Crippen LogP contribution is 2.38. The summed E-state index contributed by atoms with van der Waals surface area (Å²) in [7, 11) is 0. The molecule has 1 aromatic rings. The molecule has 3 N–H and O–H groups in total. The quantitative estimate of drug-likeness (QED) is 0.676. The van der Waals surface area contributed by atoms with Gasteiger partial charge in [0.1, 0.15) is 0 Å². The number of nitrogens with one attached hydrogen (secondary N) is 1. The lowest BCUT2D eigenvalue weighted by atomic mass is 10.2. The first-order chi connectivity index (χ1) is 6.18. The van der Waals surface area contributed by atoms with Crippen molar-refractivity contribution in [3.05, 3.63) is 16.6 Å². The number of carbonyl (C=O) groups excluding carboxylic acids is 1. The number of ether oxygens (including phenoxy) is 1. The lowest BCUT2D eigenvalue weighted by molar-refractivity contribution is -0.118. The SMILES string of the molecule is Nc1ccc2c(c1Br)OCC(=O)N2. The monoisotopic (exact) mass is 242 g/mol. The van der Waals surface area contributed by atoms with Crippen LogP contribution >= 0.6 is 15.9 Å². The zero-order chi connectivity index (χ0) is 9.42. The average Bonchev–Trinajstić information content (AvgIpc) is 2.12. The molecule has 0 radical (unpaired) electrons. The van der Waals surface area contributed by atoms with Crippen LogP contribution in [0, 0.1) is 0 Å². The van der Waals surface area contributed by atoms with Gasteiger partial charge in [-0.1, -0.05) is 0 Å². The molecule has 2 rings (SSSR count). The molecule has 0 spiro atoms. The van der Waals surface area contributed by atoms with Gasteiger partial charge in [0.2, 0.25) is 0 Å². The van der Waals surface area contributed by atoms with Crippen molar-refractivity contribution in [2.45, 2.75) is 0 Å². The maximum absolute atomic E-state index is 10.9. The van der Waals surface area contributed by atoms with Crippen LogP contribution < -0.4 is 15.8 Å². The Kier molecular flexibility index (Phi) is 1.88. The van der Waals surface area contributed by atoms with Gasteiger partial charge in [-0.25, -0.2) is 0 Å². The summed E-state index contributed by atoms with van der Waals surface area (Å²) >= 11 is 3.28.